The molecule has 2 unspecified atom stereocenters. The molecular formula is C26H37N3O6. The highest BCUT2D eigenvalue weighted by Crippen LogP contribution is 2.63. The predicted molar refractivity (Wildman–Crippen MR) is 130 cm³/mol. The number of benzene rings is 1. The number of hydrogen-bond acceptors (Lipinski definition) is 6. The van der Waals surface area contributed by atoms with Crippen LogP contribution in [0.3, 0.4) is 0 Å². The summed E-state index contributed by atoms with van der Waals surface area (Å²) in [6.07, 6.45) is 3.98. The molecule has 1 spiro atoms. The summed E-state index contributed by atoms with van der Waals surface area (Å²) in [5, 5.41) is 15.5. The smallest absolute Gasteiger partial charge is 0.245 e. The Balaban J connectivity index is 1.58. The van der Waals surface area contributed by atoms with Crippen LogP contribution in [0.4, 0.5) is 5.69 Å². The minimum atomic E-state index is -1.07. The first kappa shape index (κ1) is 25.4. The topological polar surface area (TPSA) is 117 Å². The van der Waals surface area contributed by atoms with E-state index >= 15 is 0 Å². The molecule has 3 saturated heterocycles. The summed E-state index contributed by atoms with van der Waals surface area (Å²) in [7, 11) is 0. The molecule has 0 aliphatic carbocycles. The Labute approximate surface area is 206 Å². The summed E-state index contributed by atoms with van der Waals surface area (Å²) < 4.78 is 12.0. The number of carbonyl (C=O) groups is 3. The number of rotatable bonds is 11. The Kier molecular flexibility index (Phi) is 7.38. The maximum atomic E-state index is 13.6. The summed E-state index contributed by atoms with van der Waals surface area (Å²) in [5.74, 6) is -1.69. The predicted octanol–water partition coefficient (Wildman–Crippen LogP) is 2.09. The van der Waals surface area contributed by atoms with Crippen molar-refractivity contribution in [1.82, 2.24) is 10.2 Å². The van der Waals surface area contributed by atoms with E-state index in [-0.39, 0.29) is 30.9 Å². The summed E-state index contributed by atoms with van der Waals surface area (Å²) in [6, 6.07) is 6.22. The lowest BCUT2D eigenvalue weighted by Crippen LogP contribution is -2.55. The van der Waals surface area contributed by atoms with Gasteiger partial charge in [0.25, 0.3) is 0 Å². The van der Waals surface area contributed by atoms with E-state index in [1.807, 2.05) is 13.8 Å². The van der Waals surface area contributed by atoms with Gasteiger partial charge >= 0.3 is 0 Å². The number of unbranched alkanes of at least 4 members (excludes halogenated alkanes) is 2. The number of carbonyl (C=O) groups excluding carboxylic acids is 3. The molecule has 3 amide bonds. The maximum absolute atomic E-state index is 13.6. The second-order valence-electron chi connectivity index (χ2n) is 9.93. The van der Waals surface area contributed by atoms with Crippen LogP contribution in [-0.4, -0.2) is 71.3 Å². The average Bonchev–Trinajstić information content (AvgIpc) is 3.39. The van der Waals surface area contributed by atoms with Crippen molar-refractivity contribution < 1.29 is 29.0 Å². The number of fused-ring (bicyclic) bond motifs is 1. The van der Waals surface area contributed by atoms with Crippen molar-refractivity contribution in [3.8, 4) is 5.75 Å². The Morgan fingerprint density at radius 2 is 1.91 bits per heavy atom. The van der Waals surface area contributed by atoms with Gasteiger partial charge in [-0.25, -0.2) is 0 Å². The van der Waals surface area contributed by atoms with Gasteiger partial charge in [-0.15, -0.1) is 0 Å². The summed E-state index contributed by atoms with van der Waals surface area (Å²) in [4.78, 5) is 41.9. The van der Waals surface area contributed by atoms with Crippen LogP contribution < -0.4 is 15.4 Å². The molecule has 1 aromatic carbocycles. The average molecular weight is 488 g/mol. The van der Waals surface area contributed by atoms with E-state index in [2.05, 4.69) is 17.6 Å². The number of anilines is 1. The molecule has 0 saturated carbocycles. The van der Waals surface area contributed by atoms with Crippen molar-refractivity contribution in [3.05, 3.63) is 24.3 Å². The number of aliphatic hydroxyl groups excluding tert-OH is 1. The molecule has 4 rings (SSSR count). The minimum absolute atomic E-state index is 0.0252. The SMILES string of the molecule is CCCCCNC(=O)C1N(CCO)C(=O)[C@@H]2[C@@H](C(=O)Nc3ccc(OCC)cc3)[C@@]3(C)CCC12O3. The third-order valence-corrected chi connectivity index (χ3v) is 7.66. The summed E-state index contributed by atoms with van der Waals surface area (Å²) in [5.41, 5.74) is -1.32. The largest absolute Gasteiger partial charge is 0.494 e. The molecule has 0 aromatic heterocycles. The molecular weight excluding hydrogens is 450 g/mol. The van der Waals surface area contributed by atoms with E-state index in [0.29, 0.717) is 37.4 Å². The van der Waals surface area contributed by atoms with Crippen molar-refractivity contribution in [2.75, 3.05) is 31.6 Å². The fraction of sp³-hybridized carbons (Fsp3) is 0.654. The number of β-amino-alcohol motifs (C(OH)–C–C–N with tert-alkyl or cyclic N) is 1. The van der Waals surface area contributed by atoms with Gasteiger partial charge in [-0.3, -0.25) is 14.4 Å². The monoisotopic (exact) mass is 487 g/mol. The van der Waals surface area contributed by atoms with E-state index in [9.17, 15) is 19.5 Å². The van der Waals surface area contributed by atoms with E-state index in [1.54, 1.807) is 24.3 Å². The quantitative estimate of drug-likeness (QED) is 0.412. The molecule has 9 heteroatoms. The van der Waals surface area contributed by atoms with E-state index in [0.717, 1.165) is 19.3 Å². The molecule has 2 bridgehead atoms. The van der Waals surface area contributed by atoms with Crippen molar-refractivity contribution in [1.29, 1.82) is 0 Å². The van der Waals surface area contributed by atoms with Crippen LogP contribution in [0.25, 0.3) is 0 Å². The van der Waals surface area contributed by atoms with Crippen LogP contribution in [0.2, 0.25) is 0 Å². The summed E-state index contributed by atoms with van der Waals surface area (Å²) >= 11 is 0. The number of nitrogens with one attached hydrogen (secondary N) is 2. The Morgan fingerprint density at radius 1 is 1.17 bits per heavy atom. The molecule has 5 atom stereocenters. The van der Waals surface area contributed by atoms with Gasteiger partial charge in [0.2, 0.25) is 17.7 Å². The van der Waals surface area contributed by atoms with Gasteiger partial charge in [0, 0.05) is 18.8 Å². The highest BCUT2D eigenvalue weighted by Gasteiger charge is 2.77. The lowest BCUT2D eigenvalue weighted by molar-refractivity contribution is -0.145. The van der Waals surface area contributed by atoms with Crippen LogP contribution in [0, 0.1) is 11.8 Å². The molecule has 3 aliphatic heterocycles. The standard InChI is InChI=1S/C26H37N3O6/c1-4-6-7-14-27-23(32)21-26-13-12-25(3,35-26)19(20(26)24(33)29(21)15-16-30)22(31)28-17-8-10-18(11-9-17)34-5-2/h8-11,19-21,30H,4-7,12-16H2,1-3H3,(H,27,32)(H,28,31)/t19-,20-,21?,25+,26?/m0/s1. The Bertz CT molecular complexity index is 953. The minimum Gasteiger partial charge on any atom is -0.494 e. The van der Waals surface area contributed by atoms with Crippen molar-refractivity contribution in [2.24, 2.45) is 11.8 Å². The van der Waals surface area contributed by atoms with Gasteiger partial charge in [-0.1, -0.05) is 19.8 Å². The molecule has 3 aliphatic rings. The zero-order valence-corrected chi connectivity index (χ0v) is 20.8. The normalized spacial score (nSPS) is 30.9. The number of nitrogens with zero attached hydrogens (tertiary/aromatic N) is 1. The van der Waals surface area contributed by atoms with Gasteiger partial charge in [0.05, 0.1) is 30.7 Å². The Hall–Kier alpha value is -2.65. The van der Waals surface area contributed by atoms with Crippen LogP contribution in [0.1, 0.15) is 52.9 Å². The zero-order chi connectivity index (χ0) is 25.2. The number of amides is 3. The molecule has 1 aromatic rings. The maximum Gasteiger partial charge on any atom is 0.245 e. The second kappa shape index (κ2) is 10.1. The molecule has 35 heavy (non-hydrogen) atoms. The first-order chi connectivity index (χ1) is 16.8. The molecule has 3 fully saturated rings. The van der Waals surface area contributed by atoms with Crippen molar-refractivity contribution in [2.45, 2.75) is 70.1 Å². The fourth-order valence-corrected chi connectivity index (χ4v) is 6.18. The van der Waals surface area contributed by atoms with E-state index in [1.165, 1.54) is 4.90 Å². The molecule has 9 nitrogen and oxygen atoms in total. The molecule has 0 radical (unpaired) electrons. The molecule has 3 heterocycles. The molecule has 192 valence electrons. The molecule has 3 N–H and O–H groups in total. The Morgan fingerprint density at radius 3 is 2.57 bits per heavy atom. The van der Waals surface area contributed by atoms with Crippen LogP contribution in [-0.2, 0) is 19.1 Å². The second-order valence-corrected chi connectivity index (χ2v) is 9.93. The van der Waals surface area contributed by atoms with Crippen molar-refractivity contribution >= 4 is 23.4 Å². The van der Waals surface area contributed by atoms with Gasteiger partial charge in [0.1, 0.15) is 17.4 Å². The zero-order valence-electron chi connectivity index (χ0n) is 20.8. The van der Waals surface area contributed by atoms with E-state index in [4.69, 9.17) is 9.47 Å². The first-order valence-electron chi connectivity index (χ1n) is 12.7. The van der Waals surface area contributed by atoms with Crippen LogP contribution in [0.15, 0.2) is 24.3 Å². The lowest BCUT2D eigenvalue weighted by Gasteiger charge is -2.33. The highest BCUT2D eigenvalue weighted by atomic mass is 16.5. The number of likely N-dealkylation sites (tertiary alicyclic amines) is 1. The van der Waals surface area contributed by atoms with Gasteiger partial charge in [-0.2, -0.15) is 0 Å². The van der Waals surface area contributed by atoms with Crippen molar-refractivity contribution in [3.63, 3.8) is 0 Å². The number of hydrogen-bond donors (Lipinski definition) is 3. The van der Waals surface area contributed by atoms with Gasteiger partial charge in [-0.05, 0) is 57.4 Å². The van der Waals surface area contributed by atoms with Crippen LogP contribution >= 0.6 is 0 Å². The van der Waals surface area contributed by atoms with Gasteiger partial charge in [0.15, 0.2) is 0 Å². The third kappa shape index (κ3) is 4.40. The number of aliphatic hydroxyl groups is 1. The lowest BCUT2D eigenvalue weighted by atomic mass is 9.66. The van der Waals surface area contributed by atoms with Crippen LogP contribution in [0.5, 0.6) is 5.75 Å². The summed E-state index contributed by atoms with van der Waals surface area (Å²) in [6.45, 7) is 6.68. The van der Waals surface area contributed by atoms with Gasteiger partial charge < -0.3 is 30.1 Å². The third-order valence-electron chi connectivity index (χ3n) is 7.66. The first-order valence-corrected chi connectivity index (χ1v) is 12.7. The number of ether oxygens (including phenoxy) is 2. The fourth-order valence-electron chi connectivity index (χ4n) is 6.18. The van der Waals surface area contributed by atoms with E-state index < -0.39 is 29.1 Å². The highest BCUT2D eigenvalue weighted by molar-refractivity contribution is 6.02.